The van der Waals surface area contributed by atoms with Gasteiger partial charge in [-0.25, -0.2) is 0 Å². The average molecular weight is 537 g/mol. The van der Waals surface area contributed by atoms with Crippen molar-refractivity contribution in [3.8, 4) is 0 Å². The van der Waals surface area contributed by atoms with Crippen LogP contribution in [0.1, 0.15) is 38.3 Å². The van der Waals surface area contributed by atoms with E-state index < -0.39 is 28.7 Å². The van der Waals surface area contributed by atoms with Gasteiger partial charge in [-0.05, 0) is 56.5 Å². The second-order valence-corrected chi connectivity index (χ2v) is 11.8. The topological polar surface area (TPSA) is 102 Å². The Morgan fingerprint density at radius 1 is 1.11 bits per heavy atom. The third-order valence-electron chi connectivity index (χ3n) is 8.49. The van der Waals surface area contributed by atoms with Crippen LogP contribution in [0.3, 0.4) is 0 Å². The maximum atomic E-state index is 14.2. The normalized spacial score (nSPS) is 28.2. The summed E-state index contributed by atoms with van der Waals surface area (Å²) in [7, 11) is 1.59. The Morgan fingerprint density at radius 2 is 1.79 bits per heavy atom. The van der Waals surface area contributed by atoms with E-state index in [-0.39, 0.29) is 29.6 Å². The number of hydrogen-bond donors (Lipinski definition) is 3. The van der Waals surface area contributed by atoms with Crippen molar-refractivity contribution in [3.63, 3.8) is 0 Å². The first-order valence-electron chi connectivity index (χ1n) is 13.4. The lowest BCUT2D eigenvalue weighted by Crippen LogP contribution is -2.52. The van der Waals surface area contributed by atoms with Crippen molar-refractivity contribution in [2.24, 2.45) is 11.8 Å². The maximum absolute atomic E-state index is 14.2. The Kier molecular flexibility index (Phi) is 7.42. The highest BCUT2D eigenvalue weighted by Gasteiger charge is 2.74. The number of fused-ring (bicyclic) bond motifs is 1. The molecule has 8 nitrogen and oxygen atoms in total. The Hall–Kier alpha value is -3.04. The smallest absolute Gasteiger partial charge is 0.248 e. The molecule has 0 saturated carbocycles. The van der Waals surface area contributed by atoms with E-state index in [1.165, 1.54) is 0 Å². The van der Waals surface area contributed by atoms with Crippen molar-refractivity contribution < 1.29 is 19.5 Å². The second-order valence-electron chi connectivity index (χ2n) is 10.2. The molecule has 3 N–H and O–H groups in total. The lowest BCUT2D eigenvalue weighted by Gasteiger charge is -2.37. The van der Waals surface area contributed by atoms with Gasteiger partial charge < -0.3 is 25.5 Å². The molecule has 0 radical (unpaired) electrons. The van der Waals surface area contributed by atoms with Crippen LogP contribution in [0.2, 0.25) is 0 Å². The molecule has 3 aliphatic rings. The summed E-state index contributed by atoms with van der Waals surface area (Å²) < 4.78 is -0.716. The highest BCUT2D eigenvalue weighted by Crippen LogP contribution is 2.67. The van der Waals surface area contributed by atoms with Crippen molar-refractivity contribution in [3.05, 3.63) is 60.2 Å². The van der Waals surface area contributed by atoms with Crippen LogP contribution in [0, 0.1) is 11.8 Å². The summed E-state index contributed by atoms with van der Waals surface area (Å²) in [5.74, 6) is -1.76. The van der Waals surface area contributed by atoms with Crippen LogP contribution in [-0.4, -0.2) is 70.5 Å². The van der Waals surface area contributed by atoms with Gasteiger partial charge in [0.25, 0.3) is 0 Å². The summed E-state index contributed by atoms with van der Waals surface area (Å²) in [5, 5.41) is 16.3. The fourth-order valence-electron chi connectivity index (χ4n) is 6.78. The number of hydrogen-bond acceptors (Lipinski definition) is 6. The highest BCUT2D eigenvalue weighted by molar-refractivity contribution is 8.02. The molecule has 1 spiro atoms. The number of carbonyl (C=O) groups excluding carboxylic acids is 3. The van der Waals surface area contributed by atoms with Gasteiger partial charge >= 0.3 is 0 Å². The molecule has 9 heteroatoms. The quantitative estimate of drug-likeness (QED) is 0.456. The summed E-state index contributed by atoms with van der Waals surface area (Å²) in [6, 6.07) is 15.6. The molecule has 0 aliphatic carbocycles. The molecule has 202 valence electrons. The van der Waals surface area contributed by atoms with Crippen molar-refractivity contribution in [2.45, 2.75) is 48.8 Å². The molecule has 2 aromatic carbocycles. The number of nitrogens with one attached hydrogen (secondary N) is 2. The molecule has 2 bridgehead atoms. The fraction of sp³-hybridized carbons (Fsp3) is 0.483. The van der Waals surface area contributed by atoms with E-state index in [9.17, 15) is 19.5 Å². The van der Waals surface area contributed by atoms with Crippen LogP contribution in [0.5, 0.6) is 0 Å². The van der Waals surface area contributed by atoms with Crippen molar-refractivity contribution in [1.29, 1.82) is 0 Å². The van der Waals surface area contributed by atoms with E-state index in [2.05, 4.69) is 29.4 Å². The number of aliphatic hydroxyl groups is 1. The fourth-order valence-corrected chi connectivity index (χ4v) is 8.98. The standard InChI is InChI=1S/C29H36N4O4S/c1-4-32(5-2)20-13-11-19(12-14-20)31-27(36)25-29-16-15-22(38-29)23(26(35)30-3)24(29)28(37)33(25)21(17-34)18-9-7-6-8-10-18/h6-14,21-25,34H,4-5,15-17H2,1-3H3,(H,30,35)(H,31,36)/t21-,22+,23-,24+,25?,29?/m1/s1. The molecule has 38 heavy (non-hydrogen) atoms. The van der Waals surface area contributed by atoms with Gasteiger partial charge in [-0.3, -0.25) is 14.4 Å². The molecule has 6 atom stereocenters. The zero-order chi connectivity index (χ0) is 27.0. The number of rotatable bonds is 9. The van der Waals surface area contributed by atoms with Crippen LogP contribution in [-0.2, 0) is 14.4 Å². The van der Waals surface area contributed by atoms with Crippen molar-refractivity contribution in [2.75, 3.05) is 37.0 Å². The molecule has 3 fully saturated rings. The Morgan fingerprint density at radius 3 is 2.39 bits per heavy atom. The first-order valence-corrected chi connectivity index (χ1v) is 14.3. The summed E-state index contributed by atoms with van der Waals surface area (Å²) in [5.41, 5.74) is 2.49. The highest BCUT2D eigenvalue weighted by atomic mass is 32.2. The minimum Gasteiger partial charge on any atom is -0.394 e. The second kappa shape index (κ2) is 10.6. The number of carbonyl (C=O) groups is 3. The van der Waals surface area contributed by atoms with Crippen LogP contribution < -0.4 is 15.5 Å². The summed E-state index contributed by atoms with van der Waals surface area (Å²) in [4.78, 5) is 45.0. The van der Waals surface area contributed by atoms with E-state index in [0.717, 1.165) is 30.8 Å². The molecule has 3 heterocycles. The third kappa shape index (κ3) is 4.16. The van der Waals surface area contributed by atoms with E-state index >= 15 is 0 Å². The van der Waals surface area contributed by atoms with Gasteiger partial charge in [0.05, 0.1) is 29.2 Å². The number of amides is 3. The molecule has 0 aromatic heterocycles. The van der Waals surface area contributed by atoms with E-state index in [1.807, 2.05) is 54.6 Å². The largest absolute Gasteiger partial charge is 0.394 e. The number of anilines is 2. The maximum Gasteiger partial charge on any atom is 0.248 e. The molecular weight excluding hydrogens is 500 g/mol. The van der Waals surface area contributed by atoms with Crippen LogP contribution in [0.15, 0.2) is 54.6 Å². The predicted octanol–water partition coefficient (Wildman–Crippen LogP) is 3.04. The zero-order valence-corrected chi connectivity index (χ0v) is 22.9. The average Bonchev–Trinajstić information content (AvgIpc) is 3.58. The monoisotopic (exact) mass is 536 g/mol. The molecule has 3 amide bonds. The molecule has 2 unspecified atom stereocenters. The summed E-state index contributed by atoms with van der Waals surface area (Å²) in [6.45, 7) is 5.66. The lowest BCUT2D eigenvalue weighted by atomic mass is 9.70. The van der Waals surface area contributed by atoms with Gasteiger partial charge in [0, 0.05) is 36.8 Å². The zero-order valence-electron chi connectivity index (χ0n) is 22.1. The minimum atomic E-state index is -0.815. The summed E-state index contributed by atoms with van der Waals surface area (Å²) in [6.07, 6.45) is 1.45. The molecule has 3 aliphatic heterocycles. The van der Waals surface area contributed by atoms with Crippen LogP contribution >= 0.6 is 11.8 Å². The minimum absolute atomic E-state index is 0.000920. The van der Waals surface area contributed by atoms with Crippen LogP contribution in [0.4, 0.5) is 11.4 Å². The molecule has 2 aromatic rings. The first kappa shape index (κ1) is 26.6. The van der Waals surface area contributed by atoms with Gasteiger partial charge in [0.1, 0.15) is 6.04 Å². The van der Waals surface area contributed by atoms with Gasteiger partial charge in [0.15, 0.2) is 0 Å². The van der Waals surface area contributed by atoms with Gasteiger partial charge in [-0.2, -0.15) is 0 Å². The van der Waals surface area contributed by atoms with Gasteiger partial charge in [-0.1, -0.05) is 30.3 Å². The third-order valence-corrected chi connectivity index (χ3v) is 10.4. The number of thioether (sulfide) groups is 1. The Bertz CT molecular complexity index is 1190. The predicted molar refractivity (Wildman–Crippen MR) is 150 cm³/mol. The van der Waals surface area contributed by atoms with Crippen molar-refractivity contribution in [1.82, 2.24) is 10.2 Å². The lowest BCUT2D eigenvalue weighted by molar-refractivity contribution is -0.142. The number of benzene rings is 2. The Labute approximate surface area is 228 Å². The molecular formula is C29H36N4O4S. The first-order chi connectivity index (χ1) is 18.4. The van der Waals surface area contributed by atoms with Gasteiger partial charge in [0.2, 0.25) is 17.7 Å². The van der Waals surface area contributed by atoms with E-state index in [4.69, 9.17) is 0 Å². The summed E-state index contributed by atoms with van der Waals surface area (Å²) >= 11 is 1.62. The Balaban J connectivity index is 1.52. The molecule has 3 saturated heterocycles. The molecule has 5 rings (SSSR count). The number of aliphatic hydroxyl groups excluding tert-OH is 1. The number of likely N-dealkylation sites (tertiary alicyclic amines) is 1. The number of nitrogens with zero attached hydrogens (tertiary/aromatic N) is 2. The van der Waals surface area contributed by atoms with Gasteiger partial charge in [-0.15, -0.1) is 11.8 Å². The van der Waals surface area contributed by atoms with Crippen LogP contribution in [0.25, 0.3) is 0 Å². The van der Waals surface area contributed by atoms with Crippen molar-refractivity contribution >= 4 is 40.9 Å². The van der Waals surface area contributed by atoms with E-state index in [0.29, 0.717) is 12.1 Å². The SMILES string of the molecule is CCN(CC)c1ccc(NC(=O)C2N([C@H](CO)c3ccccc3)C(=O)[C@@H]3[C@H](C(=O)NC)[C@@H]4CCC23S4)cc1. The van der Waals surface area contributed by atoms with E-state index in [1.54, 1.807) is 23.7 Å².